The number of amides is 1. The Labute approximate surface area is 181 Å². The summed E-state index contributed by atoms with van der Waals surface area (Å²) in [6, 6.07) is 3.95. The van der Waals surface area contributed by atoms with Crippen molar-refractivity contribution in [3.63, 3.8) is 0 Å². The fraction of sp³-hybridized carbons (Fsp3) is 0.591. The van der Waals surface area contributed by atoms with Gasteiger partial charge in [-0.25, -0.2) is 4.98 Å². The molecule has 2 fully saturated rings. The quantitative estimate of drug-likeness (QED) is 0.748. The first-order valence-corrected chi connectivity index (χ1v) is 11.6. The van der Waals surface area contributed by atoms with Gasteiger partial charge in [0.15, 0.2) is 5.13 Å². The van der Waals surface area contributed by atoms with Gasteiger partial charge in [0, 0.05) is 23.3 Å². The topological polar surface area (TPSA) is 87.6 Å². The van der Waals surface area contributed by atoms with E-state index in [2.05, 4.69) is 15.3 Å². The second-order valence-electron chi connectivity index (χ2n) is 8.50. The molecule has 1 aliphatic heterocycles. The van der Waals surface area contributed by atoms with Crippen LogP contribution in [0.25, 0.3) is 0 Å². The molecule has 1 aliphatic carbocycles. The Morgan fingerprint density at radius 1 is 1.27 bits per heavy atom. The molecule has 2 N–H and O–H groups in total. The third-order valence-corrected chi connectivity index (χ3v) is 6.73. The zero-order chi connectivity index (χ0) is 21.1. The van der Waals surface area contributed by atoms with E-state index in [1.165, 1.54) is 0 Å². The maximum Gasteiger partial charge on any atom is 0.225 e. The van der Waals surface area contributed by atoms with Gasteiger partial charge < -0.3 is 20.1 Å². The number of nitrogens with one attached hydrogen (secondary N) is 1. The van der Waals surface area contributed by atoms with Crippen molar-refractivity contribution in [2.45, 2.75) is 64.1 Å². The van der Waals surface area contributed by atoms with Gasteiger partial charge in [0.1, 0.15) is 6.10 Å². The van der Waals surface area contributed by atoms with Crippen molar-refractivity contribution in [3.8, 4) is 0 Å². The lowest BCUT2D eigenvalue weighted by atomic mass is 9.82. The maximum atomic E-state index is 12.9. The van der Waals surface area contributed by atoms with Crippen LogP contribution >= 0.6 is 11.3 Å². The lowest BCUT2D eigenvalue weighted by Crippen LogP contribution is -2.46. The third kappa shape index (κ3) is 5.17. The number of rotatable bonds is 5. The molecular weight excluding hydrogens is 400 g/mol. The number of thiazole rings is 1. The van der Waals surface area contributed by atoms with E-state index in [0.29, 0.717) is 19.7 Å². The first-order chi connectivity index (χ1) is 14.4. The third-order valence-electron chi connectivity index (χ3n) is 5.86. The Balaban J connectivity index is 1.44. The van der Waals surface area contributed by atoms with Gasteiger partial charge in [-0.15, -0.1) is 11.3 Å². The first-order valence-electron chi connectivity index (χ1n) is 10.7. The van der Waals surface area contributed by atoms with Crippen molar-refractivity contribution in [2.24, 2.45) is 0 Å². The number of pyridine rings is 1. The van der Waals surface area contributed by atoms with Gasteiger partial charge in [-0.2, -0.15) is 0 Å². The number of morpholine rings is 1. The molecule has 0 bridgehead atoms. The highest BCUT2D eigenvalue weighted by Gasteiger charge is 2.35. The van der Waals surface area contributed by atoms with Crippen molar-refractivity contribution in [3.05, 3.63) is 34.6 Å². The van der Waals surface area contributed by atoms with E-state index >= 15 is 0 Å². The smallest absolute Gasteiger partial charge is 0.225 e. The lowest BCUT2D eigenvalue weighted by Gasteiger charge is -2.37. The van der Waals surface area contributed by atoms with Crippen LogP contribution in [-0.4, -0.2) is 51.2 Å². The summed E-state index contributed by atoms with van der Waals surface area (Å²) in [6.07, 6.45) is 4.51. The SMILES string of the molecule is Cc1cc(Nc2nc(C)cs2)cc(C2CN(C(=O)CC3(O)CCCCC3)CCO2)n1. The molecule has 1 amide bonds. The van der Waals surface area contributed by atoms with Crippen LogP contribution in [0, 0.1) is 13.8 Å². The average Bonchev–Trinajstić information content (AvgIpc) is 3.12. The van der Waals surface area contributed by atoms with E-state index in [9.17, 15) is 9.90 Å². The van der Waals surface area contributed by atoms with E-state index in [1.807, 2.05) is 36.3 Å². The van der Waals surface area contributed by atoms with E-state index in [0.717, 1.165) is 60.0 Å². The summed E-state index contributed by atoms with van der Waals surface area (Å²) in [4.78, 5) is 23.8. The van der Waals surface area contributed by atoms with Crippen molar-refractivity contribution in [2.75, 3.05) is 25.0 Å². The summed E-state index contributed by atoms with van der Waals surface area (Å²) in [6.45, 7) is 5.41. The number of carbonyl (C=O) groups excluding carboxylic acids is 1. The van der Waals surface area contributed by atoms with Crippen LogP contribution < -0.4 is 5.32 Å². The highest BCUT2D eigenvalue weighted by atomic mass is 32.1. The highest BCUT2D eigenvalue weighted by Crippen LogP contribution is 2.32. The van der Waals surface area contributed by atoms with E-state index in [1.54, 1.807) is 11.3 Å². The summed E-state index contributed by atoms with van der Waals surface area (Å²) < 4.78 is 5.96. The Morgan fingerprint density at radius 2 is 2.07 bits per heavy atom. The molecule has 2 aromatic heterocycles. The first kappa shape index (κ1) is 21.2. The number of nitrogens with zero attached hydrogens (tertiary/aromatic N) is 3. The molecule has 0 radical (unpaired) electrons. The number of carbonyl (C=O) groups is 1. The van der Waals surface area contributed by atoms with Gasteiger partial charge in [0.2, 0.25) is 5.91 Å². The minimum Gasteiger partial charge on any atom is -0.389 e. The normalized spacial score (nSPS) is 21.4. The molecule has 1 atom stereocenters. The van der Waals surface area contributed by atoms with Crippen LogP contribution in [0.4, 0.5) is 10.8 Å². The molecule has 1 saturated carbocycles. The van der Waals surface area contributed by atoms with Gasteiger partial charge in [0.25, 0.3) is 0 Å². The summed E-state index contributed by atoms with van der Waals surface area (Å²) in [5.74, 6) is 0.0111. The molecule has 8 heteroatoms. The Bertz CT molecular complexity index is 894. The monoisotopic (exact) mass is 430 g/mol. The van der Waals surface area contributed by atoms with Crippen LogP contribution in [0.1, 0.15) is 61.7 Å². The Kier molecular flexibility index (Phi) is 6.36. The fourth-order valence-electron chi connectivity index (χ4n) is 4.30. The van der Waals surface area contributed by atoms with Crippen molar-refractivity contribution < 1.29 is 14.6 Å². The second-order valence-corrected chi connectivity index (χ2v) is 9.36. The van der Waals surface area contributed by atoms with E-state index in [-0.39, 0.29) is 18.4 Å². The number of aryl methyl sites for hydroxylation is 2. The van der Waals surface area contributed by atoms with Crippen LogP contribution in [0.2, 0.25) is 0 Å². The fourth-order valence-corrected chi connectivity index (χ4v) is 5.01. The van der Waals surface area contributed by atoms with Crippen LogP contribution in [-0.2, 0) is 9.53 Å². The average molecular weight is 431 g/mol. The minimum absolute atomic E-state index is 0.0111. The van der Waals surface area contributed by atoms with Crippen molar-refractivity contribution in [1.29, 1.82) is 0 Å². The molecule has 3 heterocycles. The van der Waals surface area contributed by atoms with Crippen molar-refractivity contribution in [1.82, 2.24) is 14.9 Å². The van der Waals surface area contributed by atoms with Crippen LogP contribution in [0.3, 0.4) is 0 Å². The highest BCUT2D eigenvalue weighted by molar-refractivity contribution is 7.13. The largest absolute Gasteiger partial charge is 0.389 e. The number of hydrogen-bond acceptors (Lipinski definition) is 7. The zero-order valence-electron chi connectivity index (χ0n) is 17.7. The number of aromatic nitrogens is 2. The summed E-state index contributed by atoms with van der Waals surface area (Å²) >= 11 is 1.56. The molecule has 30 heavy (non-hydrogen) atoms. The van der Waals surface area contributed by atoms with Crippen LogP contribution in [0.15, 0.2) is 17.5 Å². The molecule has 0 aromatic carbocycles. The second kappa shape index (κ2) is 8.99. The van der Waals surface area contributed by atoms with Crippen molar-refractivity contribution >= 4 is 28.1 Å². The predicted molar refractivity (Wildman–Crippen MR) is 117 cm³/mol. The number of anilines is 2. The molecule has 1 unspecified atom stereocenters. The molecule has 7 nitrogen and oxygen atoms in total. The van der Waals surface area contributed by atoms with Gasteiger partial charge >= 0.3 is 0 Å². The molecule has 2 aliphatic rings. The number of ether oxygens (including phenoxy) is 1. The molecular formula is C22H30N4O3S. The van der Waals surface area contributed by atoms with Gasteiger partial charge in [-0.3, -0.25) is 9.78 Å². The zero-order valence-corrected chi connectivity index (χ0v) is 18.5. The maximum absolute atomic E-state index is 12.9. The van der Waals surface area contributed by atoms with E-state index < -0.39 is 5.60 Å². The number of aliphatic hydroxyl groups is 1. The minimum atomic E-state index is -0.840. The summed E-state index contributed by atoms with van der Waals surface area (Å²) in [5.41, 5.74) is 2.74. The lowest BCUT2D eigenvalue weighted by molar-refractivity contribution is -0.145. The molecule has 0 spiro atoms. The number of hydrogen-bond donors (Lipinski definition) is 2. The Hall–Kier alpha value is -2.03. The van der Waals surface area contributed by atoms with E-state index in [4.69, 9.17) is 4.74 Å². The molecule has 162 valence electrons. The predicted octanol–water partition coefficient (Wildman–Crippen LogP) is 3.88. The Morgan fingerprint density at radius 3 is 2.80 bits per heavy atom. The van der Waals surface area contributed by atoms with Gasteiger partial charge in [-0.1, -0.05) is 19.3 Å². The molecule has 2 aromatic rings. The molecule has 4 rings (SSSR count). The summed E-state index contributed by atoms with van der Waals surface area (Å²) in [7, 11) is 0. The standard InChI is InChI=1S/C22H30N4O3S/c1-15-10-17(25-21-24-16(2)14-30-21)11-18(23-15)19-13-26(8-9-29-19)20(27)12-22(28)6-4-3-5-7-22/h10-11,14,19,28H,3-9,12-13H2,1-2H3,(H,23,24,25). The van der Waals surface area contributed by atoms with Gasteiger partial charge in [0.05, 0.1) is 36.6 Å². The summed E-state index contributed by atoms with van der Waals surface area (Å²) in [5, 5.41) is 16.9. The van der Waals surface area contributed by atoms with Gasteiger partial charge in [-0.05, 0) is 38.8 Å². The van der Waals surface area contributed by atoms with Crippen LogP contribution in [0.5, 0.6) is 0 Å². The molecule has 1 saturated heterocycles.